The molecule has 1 rings (SSSR count). The van der Waals surface area contributed by atoms with E-state index in [0.29, 0.717) is 18.9 Å². The number of ether oxygens (including phenoxy) is 1. The molecule has 1 heterocycles. The fourth-order valence-corrected chi connectivity index (χ4v) is 1.46. The molecule has 17 heavy (non-hydrogen) atoms. The van der Waals surface area contributed by atoms with Crippen LogP contribution < -0.4 is 11.1 Å². The van der Waals surface area contributed by atoms with Crippen molar-refractivity contribution in [2.75, 3.05) is 18.9 Å². The van der Waals surface area contributed by atoms with Crippen LogP contribution in [0.15, 0.2) is 0 Å². The molecule has 0 spiro atoms. The number of anilines is 1. The molecule has 0 bridgehead atoms. The SMILES string of the molecule is CCOCC(C)NC(=O)c1n[nH]c(CC)c1N. The lowest BCUT2D eigenvalue weighted by molar-refractivity contribution is 0.0868. The van der Waals surface area contributed by atoms with Crippen molar-refractivity contribution in [3.8, 4) is 0 Å². The van der Waals surface area contributed by atoms with Crippen molar-refractivity contribution in [1.82, 2.24) is 15.5 Å². The van der Waals surface area contributed by atoms with E-state index in [-0.39, 0.29) is 17.6 Å². The zero-order valence-electron chi connectivity index (χ0n) is 10.5. The number of aromatic amines is 1. The van der Waals surface area contributed by atoms with Gasteiger partial charge >= 0.3 is 0 Å². The second-order valence-electron chi connectivity index (χ2n) is 3.85. The number of nitrogens with two attached hydrogens (primary N) is 1. The minimum absolute atomic E-state index is 0.0661. The number of amides is 1. The van der Waals surface area contributed by atoms with E-state index in [0.717, 1.165) is 12.1 Å². The van der Waals surface area contributed by atoms with Crippen molar-refractivity contribution >= 4 is 11.6 Å². The Labute approximate surface area is 101 Å². The third-order valence-corrected chi connectivity index (χ3v) is 2.40. The molecule has 96 valence electrons. The van der Waals surface area contributed by atoms with Gasteiger partial charge in [0, 0.05) is 12.6 Å². The molecule has 0 fully saturated rings. The van der Waals surface area contributed by atoms with Gasteiger partial charge in [0.1, 0.15) is 0 Å². The molecule has 1 aromatic heterocycles. The molecule has 1 aromatic rings. The minimum atomic E-state index is -0.273. The average Bonchev–Trinajstić information content (AvgIpc) is 2.67. The molecule has 1 unspecified atom stereocenters. The van der Waals surface area contributed by atoms with Crippen LogP contribution in [0.1, 0.15) is 37.0 Å². The largest absolute Gasteiger partial charge is 0.395 e. The highest BCUT2D eigenvalue weighted by Crippen LogP contribution is 2.14. The summed E-state index contributed by atoms with van der Waals surface area (Å²) in [6.45, 7) is 6.84. The van der Waals surface area contributed by atoms with Gasteiger partial charge in [-0.3, -0.25) is 9.89 Å². The number of nitrogens with one attached hydrogen (secondary N) is 2. The predicted molar refractivity (Wildman–Crippen MR) is 65.8 cm³/mol. The number of rotatable bonds is 6. The van der Waals surface area contributed by atoms with E-state index < -0.39 is 0 Å². The molecule has 6 nitrogen and oxygen atoms in total. The maximum atomic E-state index is 11.8. The van der Waals surface area contributed by atoms with Gasteiger partial charge in [-0.15, -0.1) is 0 Å². The molecule has 0 aromatic carbocycles. The maximum Gasteiger partial charge on any atom is 0.274 e. The Morgan fingerprint density at radius 3 is 2.82 bits per heavy atom. The molecular formula is C11H20N4O2. The van der Waals surface area contributed by atoms with E-state index in [1.807, 2.05) is 20.8 Å². The van der Waals surface area contributed by atoms with Crippen LogP contribution in [0.3, 0.4) is 0 Å². The molecule has 0 radical (unpaired) electrons. The Hall–Kier alpha value is -1.56. The standard InChI is InChI=1S/C11H20N4O2/c1-4-8-9(12)10(15-14-8)11(16)13-7(3)6-17-5-2/h7H,4-6,12H2,1-3H3,(H,13,16)(H,14,15). The number of nitrogens with zero attached hydrogens (tertiary/aromatic N) is 1. The zero-order valence-corrected chi connectivity index (χ0v) is 10.5. The topological polar surface area (TPSA) is 93.0 Å². The number of H-pyrrole nitrogens is 1. The summed E-state index contributed by atoms with van der Waals surface area (Å²) < 4.78 is 5.21. The second kappa shape index (κ2) is 6.24. The Kier molecular flexibility index (Phi) is 4.96. The maximum absolute atomic E-state index is 11.8. The summed E-state index contributed by atoms with van der Waals surface area (Å²) in [4.78, 5) is 11.8. The third kappa shape index (κ3) is 3.45. The van der Waals surface area contributed by atoms with Gasteiger partial charge in [0.05, 0.1) is 18.0 Å². The van der Waals surface area contributed by atoms with Crippen molar-refractivity contribution in [1.29, 1.82) is 0 Å². The lowest BCUT2D eigenvalue weighted by Crippen LogP contribution is -2.36. The molecule has 6 heteroatoms. The zero-order chi connectivity index (χ0) is 12.8. The first-order valence-electron chi connectivity index (χ1n) is 5.81. The van der Waals surface area contributed by atoms with E-state index in [1.54, 1.807) is 0 Å². The summed E-state index contributed by atoms with van der Waals surface area (Å²) >= 11 is 0. The van der Waals surface area contributed by atoms with Crippen molar-refractivity contribution in [2.24, 2.45) is 0 Å². The van der Waals surface area contributed by atoms with Gasteiger partial charge in [-0.1, -0.05) is 6.92 Å². The van der Waals surface area contributed by atoms with E-state index in [1.165, 1.54) is 0 Å². The quantitative estimate of drug-likeness (QED) is 0.682. The van der Waals surface area contributed by atoms with Gasteiger partial charge in [0.15, 0.2) is 5.69 Å². The van der Waals surface area contributed by atoms with E-state index >= 15 is 0 Å². The first kappa shape index (κ1) is 13.5. The fraction of sp³-hybridized carbons (Fsp3) is 0.636. The summed E-state index contributed by atoms with van der Waals surface area (Å²) in [5.41, 5.74) is 7.27. The van der Waals surface area contributed by atoms with Gasteiger partial charge in [-0.2, -0.15) is 5.10 Å². The van der Waals surface area contributed by atoms with Crippen molar-refractivity contribution in [2.45, 2.75) is 33.2 Å². The van der Waals surface area contributed by atoms with Crippen LogP contribution in [0.4, 0.5) is 5.69 Å². The number of hydrogen-bond acceptors (Lipinski definition) is 4. The molecule has 0 saturated carbocycles. The van der Waals surface area contributed by atoms with Crippen LogP contribution in [-0.2, 0) is 11.2 Å². The Morgan fingerprint density at radius 1 is 1.59 bits per heavy atom. The van der Waals surface area contributed by atoms with Crippen LogP contribution in [0.5, 0.6) is 0 Å². The molecular weight excluding hydrogens is 220 g/mol. The summed E-state index contributed by atoms with van der Waals surface area (Å²) in [7, 11) is 0. The van der Waals surface area contributed by atoms with Crippen LogP contribution in [0, 0.1) is 0 Å². The fourth-order valence-electron chi connectivity index (χ4n) is 1.46. The first-order chi connectivity index (χ1) is 8.10. The van der Waals surface area contributed by atoms with Gasteiger partial charge in [0.2, 0.25) is 0 Å². The van der Waals surface area contributed by atoms with Gasteiger partial charge in [-0.25, -0.2) is 0 Å². The second-order valence-corrected chi connectivity index (χ2v) is 3.85. The van der Waals surface area contributed by atoms with Crippen LogP contribution in [0.2, 0.25) is 0 Å². The third-order valence-electron chi connectivity index (χ3n) is 2.40. The highest BCUT2D eigenvalue weighted by Gasteiger charge is 2.17. The molecule has 0 saturated heterocycles. The Bertz CT molecular complexity index is 376. The lowest BCUT2D eigenvalue weighted by Gasteiger charge is -2.12. The van der Waals surface area contributed by atoms with Crippen LogP contribution in [0.25, 0.3) is 0 Å². The Balaban J connectivity index is 2.60. The monoisotopic (exact) mass is 240 g/mol. The van der Waals surface area contributed by atoms with Crippen molar-refractivity contribution < 1.29 is 9.53 Å². The average molecular weight is 240 g/mol. The Morgan fingerprint density at radius 2 is 2.29 bits per heavy atom. The van der Waals surface area contributed by atoms with Crippen LogP contribution in [-0.4, -0.2) is 35.4 Å². The highest BCUT2D eigenvalue weighted by molar-refractivity contribution is 5.97. The summed E-state index contributed by atoms with van der Waals surface area (Å²) in [6.07, 6.45) is 0.723. The highest BCUT2D eigenvalue weighted by atomic mass is 16.5. The molecule has 0 aliphatic rings. The van der Waals surface area contributed by atoms with E-state index in [2.05, 4.69) is 15.5 Å². The predicted octanol–water partition coefficient (Wildman–Crippen LogP) is 0.709. The normalized spacial score (nSPS) is 12.4. The number of nitrogen functional groups attached to an aromatic ring is 1. The van der Waals surface area contributed by atoms with Crippen molar-refractivity contribution in [3.63, 3.8) is 0 Å². The molecule has 4 N–H and O–H groups in total. The summed E-state index contributed by atoms with van der Waals surface area (Å²) in [6, 6.07) is -0.0661. The molecule has 1 amide bonds. The number of aromatic nitrogens is 2. The molecule has 1 atom stereocenters. The number of carbonyl (C=O) groups excluding carboxylic acids is 1. The minimum Gasteiger partial charge on any atom is -0.395 e. The van der Waals surface area contributed by atoms with Crippen molar-refractivity contribution in [3.05, 3.63) is 11.4 Å². The summed E-state index contributed by atoms with van der Waals surface area (Å²) in [5.74, 6) is -0.273. The number of hydrogen-bond donors (Lipinski definition) is 3. The molecule has 0 aliphatic carbocycles. The van der Waals surface area contributed by atoms with E-state index in [4.69, 9.17) is 10.5 Å². The summed E-state index contributed by atoms with van der Waals surface area (Å²) in [5, 5.41) is 9.45. The molecule has 0 aliphatic heterocycles. The van der Waals surface area contributed by atoms with Gasteiger partial charge in [0.25, 0.3) is 5.91 Å². The lowest BCUT2D eigenvalue weighted by atomic mass is 10.2. The van der Waals surface area contributed by atoms with Crippen LogP contribution >= 0.6 is 0 Å². The smallest absolute Gasteiger partial charge is 0.274 e. The van der Waals surface area contributed by atoms with Gasteiger partial charge in [-0.05, 0) is 20.3 Å². The van der Waals surface area contributed by atoms with E-state index in [9.17, 15) is 4.79 Å². The first-order valence-corrected chi connectivity index (χ1v) is 5.81. The number of carbonyl (C=O) groups is 1. The van der Waals surface area contributed by atoms with Gasteiger partial charge < -0.3 is 15.8 Å². The number of aryl methyl sites for hydroxylation is 1.